The Kier molecular flexibility index (Phi) is 4.60. The number of carboxylic acids is 1. The molecule has 1 saturated carbocycles. The minimum atomic E-state index is -0.779. The highest BCUT2D eigenvalue weighted by molar-refractivity contribution is 5.83. The van der Waals surface area contributed by atoms with Crippen LogP contribution in [0.1, 0.15) is 68.6 Å². The molecule has 1 fully saturated rings. The van der Waals surface area contributed by atoms with Crippen LogP contribution in [-0.2, 0) is 10.2 Å². The summed E-state index contributed by atoms with van der Waals surface area (Å²) in [4.78, 5) is 12.1. The van der Waals surface area contributed by atoms with E-state index in [1.165, 1.54) is 0 Å². The number of ether oxygens (including phenoxy) is 1. The number of hydrogen-bond acceptors (Lipinski definition) is 2. The zero-order valence-corrected chi connectivity index (χ0v) is 13.5. The van der Waals surface area contributed by atoms with Crippen molar-refractivity contribution in [2.75, 3.05) is 7.11 Å². The van der Waals surface area contributed by atoms with Crippen LogP contribution in [0.15, 0.2) is 12.1 Å². The Morgan fingerprint density at radius 1 is 1.24 bits per heavy atom. The van der Waals surface area contributed by atoms with E-state index in [-0.39, 0.29) is 0 Å². The van der Waals surface area contributed by atoms with Crippen molar-refractivity contribution in [3.63, 3.8) is 0 Å². The summed E-state index contributed by atoms with van der Waals surface area (Å²) in [5, 5.41) is 9.96. The maximum atomic E-state index is 12.1. The summed E-state index contributed by atoms with van der Waals surface area (Å²) in [6.45, 7) is 6.23. The number of hydrogen-bond donors (Lipinski definition) is 1. The first-order chi connectivity index (χ1) is 9.94. The molecule has 2 rings (SSSR count). The van der Waals surface area contributed by atoms with Gasteiger partial charge in [0.1, 0.15) is 5.75 Å². The molecule has 0 radical (unpaired) electrons. The molecule has 0 unspecified atom stereocenters. The van der Waals surface area contributed by atoms with Crippen LogP contribution in [0.3, 0.4) is 0 Å². The number of rotatable bonds is 4. The van der Waals surface area contributed by atoms with E-state index in [0.717, 1.165) is 41.7 Å². The number of carboxylic acid groups (broad SMARTS) is 1. The highest BCUT2D eigenvalue weighted by Crippen LogP contribution is 2.47. The maximum Gasteiger partial charge on any atom is 0.314 e. The van der Waals surface area contributed by atoms with Gasteiger partial charge in [0.15, 0.2) is 0 Å². The van der Waals surface area contributed by atoms with Gasteiger partial charge in [-0.3, -0.25) is 4.79 Å². The maximum absolute atomic E-state index is 12.1. The molecule has 3 nitrogen and oxygen atoms in total. The van der Waals surface area contributed by atoms with Crippen molar-refractivity contribution in [1.82, 2.24) is 0 Å². The number of aliphatic carboxylic acids is 1. The second kappa shape index (κ2) is 6.08. The van der Waals surface area contributed by atoms with Gasteiger partial charge < -0.3 is 9.84 Å². The first-order valence-corrected chi connectivity index (χ1v) is 7.85. The third-order valence-corrected chi connectivity index (χ3v) is 4.82. The SMILES string of the molecule is COc1c(C(C)C)ccc(C)c1C1(C(=O)O)CCCCC1. The molecule has 0 aromatic heterocycles. The number of carbonyl (C=O) groups is 1. The Balaban J connectivity index is 2.70. The Morgan fingerprint density at radius 2 is 1.86 bits per heavy atom. The van der Waals surface area contributed by atoms with E-state index in [1.54, 1.807) is 7.11 Å². The van der Waals surface area contributed by atoms with E-state index < -0.39 is 11.4 Å². The van der Waals surface area contributed by atoms with Gasteiger partial charge in [-0.2, -0.15) is 0 Å². The second-order valence-corrected chi connectivity index (χ2v) is 6.48. The fraction of sp³-hybridized carbons (Fsp3) is 0.611. The van der Waals surface area contributed by atoms with Crippen molar-refractivity contribution >= 4 is 5.97 Å². The lowest BCUT2D eigenvalue weighted by atomic mass is 9.67. The van der Waals surface area contributed by atoms with Crippen LogP contribution in [0.2, 0.25) is 0 Å². The normalized spacial score (nSPS) is 17.8. The van der Waals surface area contributed by atoms with E-state index in [1.807, 2.05) is 13.0 Å². The van der Waals surface area contributed by atoms with Crippen LogP contribution in [0.4, 0.5) is 0 Å². The van der Waals surface area contributed by atoms with E-state index in [9.17, 15) is 9.90 Å². The smallest absolute Gasteiger partial charge is 0.314 e. The van der Waals surface area contributed by atoms with Crippen LogP contribution in [-0.4, -0.2) is 18.2 Å². The van der Waals surface area contributed by atoms with Crippen molar-refractivity contribution in [2.24, 2.45) is 0 Å². The largest absolute Gasteiger partial charge is 0.496 e. The number of benzene rings is 1. The Morgan fingerprint density at radius 3 is 2.33 bits per heavy atom. The van der Waals surface area contributed by atoms with Gasteiger partial charge in [0.2, 0.25) is 0 Å². The lowest BCUT2D eigenvalue weighted by molar-refractivity contribution is -0.145. The lowest BCUT2D eigenvalue weighted by Crippen LogP contribution is -2.39. The monoisotopic (exact) mass is 290 g/mol. The topological polar surface area (TPSA) is 46.5 Å². The second-order valence-electron chi connectivity index (χ2n) is 6.48. The molecule has 0 spiro atoms. The number of methoxy groups -OCH3 is 1. The summed E-state index contributed by atoms with van der Waals surface area (Å²) in [5.74, 6) is 0.396. The highest BCUT2D eigenvalue weighted by atomic mass is 16.5. The highest BCUT2D eigenvalue weighted by Gasteiger charge is 2.44. The fourth-order valence-electron chi connectivity index (χ4n) is 3.69. The van der Waals surface area contributed by atoms with Gasteiger partial charge in [0.25, 0.3) is 0 Å². The molecule has 1 aromatic rings. The van der Waals surface area contributed by atoms with Crippen LogP contribution >= 0.6 is 0 Å². The molecule has 116 valence electrons. The fourth-order valence-corrected chi connectivity index (χ4v) is 3.69. The van der Waals surface area contributed by atoms with Gasteiger partial charge >= 0.3 is 5.97 Å². The van der Waals surface area contributed by atoms with Crippen LogP contribution in [0, 0.1) is 6.92 Å². The molecule has 21 heavy (non-hydrogen) atoms. The summed E-state index contributed by atoms with van der Waals surface area (Å²) in [7, 11) is 1.66. The lowest BCUT2D eigenvalue weighted by Gasteiger charge is -2.36. The summed E-state index contributed by atoms with van der Waals surface area (Å²) in [5.41, 5.74) is 2.26. The zero-order valence-electron chi connectivity index (χ0n) is 13.5. The zero-order chi connectivity index (χ0) is 15.6. The van der Waals surface area contributed by atoms with Gasteiger partial charge in [-0.15, -0.1) is 0 Å². The third kappa shape index (κ3) is 2.66. The van der Waals surface area contributed by atoms with Gasteiger partial charge in [-0.25, -0.2) is 0 Å². The minimum Gasteiger partial charge on any atom is -0.496 e. The molecule has 1 aromatic carbocycles. The van der Waals surface area contributed by atoms with Crippen molar-refractivity contribution in [1.29, 1.82) is 0 Å². The van der Waals surface area contributed by atoms with Gasteiger partial charge in [0.05, 0.1) is 12.5 Å². The van der Waals surface area contributed by atoms with Gasteiger partial charge in [0, 0.05) is 5.56 Å². The van der Waals surface area contributed by atoms with Crippen LogP contribution in [0.5, 0.6) is 5.75 Å². The minimum absolute atomic E-state index is 0.314. The van der Waals surface area contributed by atoms with E-state index in [4.69, 9.17) is 4.74 Å². The molecule has 1 aliphatic carbocycles. The van der Waals surface area contributed by atoms with Crippen LogP contribution < -0.4 is 4.74 Å². The first-order valence-electron chi connectivity index (χ1n) is 7.85. The summed E-state index contributed by atoms with van der Waals surface area (Å²) < 4.78 is 5.68. The van der Waals surface area contributed by atoms with E-state index in [2.05, 4.69) is 19.9 Å². The molecule has 3 heteroatoms. The third-order valence-electron chi connectivity index (χ3n) is 4.82. The molecule has 0 aliphatic heterocycles. The van der Waals surface area contributed by atoms with Crippen molar-refractivity contribution < 1.29 is 14.6 Å². The predicted octanol–water partition coefficient (Wildman–Crippen LogP) is 4.41. The predicted molar refractivity (Wildman–Crippen MR) is 84.2 cm³/mol. The quantitative estimate of drug-likeness (QED) is 0.893. The Labute approximate surface area is 127 Å². The summed E-state index contributed by atoms with van der Waals surface area (Å²) in [6.07, 6.45) is 4.49. The van der Waals surface area contributed by atoms with Crippen molar-refractivity contribution in [3.05, 3.63) is 28.8 Å². The molecule has 0 heterocycles. The van der Waals surface area contributed by atoms with E-state index in [0.29, 0.717) is 18.8 Å². The molecular formula is C18H26O3. The van der Waals surface area contributed by atoms with Crippen molar-refractivity contribution in [3.8, 4) is 5.75 Å². The molecule has 0 atom stereocenters. The molecule has 1 aliphatic rings. The summed E-state index contributed by atoms with van der Waals surface area (Å²) >= 11 is 0. The Hall–Kier alpha value is -1.51. The molecule has 1 N–H and O–H groups in total. The first kappa shape index (κ1) is 15.9. The molecule has 0 saturated heterocycles. The Bertz CT molecular complexity index is 526. The average molecular weight is 290 g/mol. The molecule has 0 amide bonds. The van der Waals surface area contributed by atoms with Crippen LogP contribution in [0.25, 0.3) is 0 Å². The number of aryl methyl sites for hydroxylation is 1. The van der Waals surface area contributed by atoms with E-state index >= 15 is 0 Å². The molecular weight excluding hydrogens is 264 g/mol. The standard InChI is InChI=1S/C18H26O3/c1-12(2)14-9-8-13(3)15(16(14)21-4)18(17(19)20)10-6-5-7-11-18/h8-9,12H,5-7,10-11H2,1-4H3,(H,19,20). The molecule has 0 bridgehead atoms. The van der Waals surface area contributed by atoms with Gasteiger partial charge in [-0.1, -0.05) is 45.2 Å². The van der Waals surface area contributed by atoms with Gasteiger partial charge in [-0.05, 0) is 36.8 Å². The average Bonchev–Trinajstić information content (AvgIpc) is 2.46. The summed E-state index contributed by atoms with van der Waals surface area (Å²) in [6, 6.07) is 4.12. The van der Waals surface area contributed by atoms with Crippen molar-refractivity contribution in [2.45, 2.75) is 64.2 Å².